The Kier molecular flexibility index (Phi) is 3.68. The molecule has 0 aliphatic rings. The SMILES string of the molecule is NC(=O)NO[N+](=O)ONC(N)=O. The van der Waals surface area contributed by atoms with E-state index < -0.39 is 17.1 Å². The second kappa shape index (κ2) is 4.54. The minimum atomic E-state index is -1.11. The number of carbonyl (C=O) groups excluding carboxylic acids is 2. The quantitative estimate of drug-likeness (QED) is 0.362. The molecule has 0 aromatic rings. The molecule has 68 valence electrons. The van der Waals surface area contributed by atoms with Crippen LogP contribution in [0.3, 0.4) is 0 Å². The summed E-state index contributed by atoms with van der Waals surface area (Å²) in [6.45, 7) is 0. The monoisotopic (exact) mass is 180 g/mol. The van der Waals surface area contributed by atoms with Gasteiger partial charge < -0.3 is 11.5 Å². The number of hydroxylamine groups is 2. The van der Waals surface area contributed by atoms with Gasteiger partial charge in [0.2, 0.25) is 0 Å². The summed E-state index contributed by atoms with van der Waals surface area (Å²) in [5.41, 5.74) is 11.8. The maximum atomic E-state index is 10.2. The van der Waals surface area contributed by atoms with Gasteiger partial charge in [-0.25, -0.2) is 9.59 Å². The van der Waals surface area contributed by atoms with Gasteiger partial charge >= 0.3 is 17.1 Å². The summed E-state index contributed by atoms with van der Waals surface area (Å²) < 4.78 is 0. The van der Waals surface area contributed by atoms with E-state index in [1.54, 1.807) is 0 Å². The molecule has 0 unspecified atom stereocenters. The highest BCUT2D eigenvalue weighted by atomic mass is 17.1. The van der Waals surface area contributed by atoms with Crippen LogP contribution in [0.5, 0.6) is 0 Å². The number of amides is 4. The van der Waals surface area contributed by atoms with Gasteiger partial charge in [0.1, 0.15) is 4.91 Å². The van der Waals surface area contributed by atoms with Crippen LogP contribution in [0.1, 0.15) is 0 Å². The van der Waals surface area contributed by atoms with Crippen molar-refractivity contribution in [1.29, 1.82) is 0 Å². The van der Waals surface area contributed by atoms with Gasteiger partial charge in [-0.05, 0) is 9.88 Å². The topological polar surface area (TPSA) is 149 Å². The molecule has 6 N–H and O–H groups in total. The molecule has 0 saturated carbocycles. The fraction of sp³-hybridized carbons (Fsp3) is 0. The average molecular weight is 180 g/mol. The van der Waals surface area contributed by atoms with Crippen LogP contribution in [0.25, 0.3) is 0 Å². The highest BCUT2D eigenvalue weighted by Gasteiger charge is 2.15. The van der Waals surface area contributed by atoms with Crippen LogP contribution >= 0.6 is 0 Å². The molecule has 0 aliphatic heterocycles. The number of carbonyl (C=O) groups is 2. The normalized spacial score (nSPS) is 8.00. The molecule has 0 rings (SSSR count). The number of hydrogen-bond acceptors (Lipinski definition) is 5. The summed E-state index contributed by atoms with van der Waals surface area (Å²) in [6.07, 6.45) is 0. The Morgan fingerprint density at radius 2 is 1.42 bits per heavy atom. The molecular weight excluding hydrogens is 174 g/mol. The molecule has 0 atom stereocenters. The zero-order chi connectivity index (χ0) is 9.56. The van der Waals surface area contributed by atoms with Crippen LogP contribution in [-0.4, -0.2) is 17.1 Å². The molecule has 10 nitrogen and oxygen atoms in total. The van der Waals surface area contributed by atoms with Crippen molar-refractivity contribution in [2.75, 3.05) is 0 Å². The van der Waals surface area contributed by atoms with Crippen molar-refractivity contribution in [2.45, 2.75) is 0 Å². The summed E-state index contributed by atoms with van der Waals surface area (Å²) in [5.74, 6) is 0. The summed E-state index contributed by atoms with van der Waals surface area (Å²) in [6, 6.07) is -2.22. The van der Waals surface area contributed by atoms with E-state index >= 15 is 0 Å². The second-order valence-electron chi connectivity index (χ2n) is 1.34. The van der Waals surface area contributed by atoms with E-state index in [9.17, 15) is 14.5 Å². The average Bonchev–Trinajstić information content (AvgIpc) is 1.96. The Labute approximate surface area is 65.2 Å². The maximum absolute atomic E-state index is 10.2. The van der Waals surface area contributed by atoms with E-state index in [4.69, 9.17) is 0 Å². The van der Waals surface area contributed by atoms with Crippen molar-refractivity contribution in [3.05, 3.63) is 4.91 Å². The van der Waals surface area contributed by atoms with Gasteiger partial charge in [0.25, 0.3) is 0 Å². The minimum Gasteiger partial charge on any atom is -0.349 e. The molecule has 0 saturated heterocycles. The Morgan fingerprint density at radius 3 is 1.67 bits per heavy atom. The predicted octanol–water partition coefficient (Wildman–Crippen LogP) is -2.20. The Bertz CT molecular complexity index is 182. The molecule has 0 heterocycles. The number of urea groups is 2. The fourth-order valence-electron chi connectivity index (χ4n) is 0.183. The van der Waals surface area contributed by atoms with Crippen molar-refractivity contribution < 1.29 is 24.6 Å². The maximum Gasteiger partial charge on any atom is 0.531 e. The molecule has 0 spiro atoms. The zero-order valence-electron chi connectivity index (χ0n) is 5.64. The van der Waals surface area contributed by atoms with Gasteiger partial charge in [-0.2, -0.15) is 0 Å². The van der Waals surface area contributed by atoms with Crippen LogP contribution in [-0.2, 0) is 9.88 Å². The van der Waals surface area contributed by atoms with Crippen LogP contribution < -0.4 is 22.4 Å². The lowest BCUT2D eigenvalue weighted by Gasteiger charge is -1.90. The van der Waals surface area contributed by atoms with Gasteiger partial charge in [0, 0.05) is 0 Å². The van der Waals surface area contributed by atoms with Crippen LogP contribution in [0, 0.1) is 4.91 Å². The van der Waals surface area contributed by atoms with Crippen molar-refractivity contribution in [1.82, 2.24) is 11.0 Å². The number of primary amides is 2. The van der Waals surface area contributed by atoms with Crippen LogP contribution in [0.4, 0.5) is 9.59 Å². The molecule has 12 heavy (non-hydrogen) atoms. The van der Waals surface area contributed by atoms with Gasteiger partial charge in [-0.1, -0.05) is 11.0 Å². The van der Waals surface area contributed by atoms with E-state index in [1.807, 2.05) is 0 Å². The van der Waals surface area contributed by atoms with E-state index in [0.29, 0.717) is 0 Å². The largest absolute Gasteiger partial charge is 0.531 e. The van der Waals surface area contributed by atoms with Gasteiger partial charge in [0.15, 0.2) is 0 Å². The predicted molar refractivity (Wildman–Crippen MR) is 31.2 cm³/mol. The smallest absolute Gasteiger partial charge is 0.349 e. The molecular formula is C2H6N5O5+. The summed E-state index contributed by atoms with van der Waals surface area (Å²) in [5, 5.41) is -0.629. The third-order valence-electron chi connectivity index (χ3n) is 0.442. The molecule has 4 amide bonds. The van der Waals surface area contributed by atoms with Crippen molar-refractivity contribution in [2.24, 2.45) is 11.5 Å². The third kappa shape index (κ3) is 5.87. The number of nitrogens with one attached hydrogen (secondary N) is 2. The Morgan fingerprint density at radius 1 is 1.08 bits per heavy atom. The minimum absolute atomic E-state index is 0.629. The number of hydrogen-bond donors (Lipinski definition) is 4. The zero-order valence-corrected chi connectivity index (χ0v) is 5.64. The first-order valence-corrected chi connectivity index (χ1v) is 2.44. The number of nitrogens with two attached hydrogens (primary N) is 2. The Balaban J connectivity index is 3.47. The van der Waals surface area contributed by atoms with E-state index in [2.05, 4.69) is 21.3 Å². The first kappa shape index (κ1) is 9.74. The highest BCUT2D eigenvalue weighted by Crippen LogP contribution is 1.71. The molecule has 0 bridgehead atoms. The standard InChI is InChI=1S/C2H5N5O5/c3-1(8)5-11-7(10)12-6-2(4)9/h(H5-,3,4,5,6,8,9)/p+1. The molecule has 0 aromatic heterocycles. The number of nitrogens with zero attached hydrogens (tertiary/aromatic N) is 1. The molecule has 0 fully saturated rings. The highest BCUT2D eigenvalue weighted by molar-refractivity contribution is 5.70. The van der Waals surface area contributed by atoms with E-state index in [1.165, 1.54) is 11.0 Å². The molecule has 0 aromatic carbocycles. The second-order valence-corrected chi connectivity index (χ2v) is 1.34. The molecule has 0 aliphatic carbocycles. The molecule has 0 radical (unpaired) electrons. The van der Waals surface area contributed by atoms with Gasteiger partial charge in [-0.3, -0.25) is 0 Å². The van der Waals surface area contributed by atoms with Crippen molar-refractivity contribution >= 4 is 12.1 Å². The number of rotatable bonds is 4. The van der Waals surface area contributed by atoms with Crippen LogP contribution in [0.15, 0.2) is 0 Å². The molecule has 10 heteroatoms. The Hall–Kier alpha value is -2.26. The summed E-state index contributed by atoms with van der Waals surface area (Å²) >= 11 is 0. The van der Waals surface area contributed by atoms with Gasteiger partial charge in [0.05, 0.1) is 0 Å². The van der Waals surface area contributed by atoms with E-state index in [0.717, 1.165) is 0 Å². The summed E-state index contributed by atoms with van der Waals surface area (Å²) in [4.78, 5) is 37.4. The lowest BCUT2D eigenvalue weighted by atomic mass is 11.2. The van der Waals surface area contributed by atoms with Crippen molar-refractivity contribution in [3.63, 3.8) is 0 Å². The van der Waals surface area contributed by atoms with E-state index in [-0.39, 0.29) is 0 Å². The lowest BCUT2D eigenvalue weighted by molar-refractivity contribution is -0.997. The third-order valence-corrected chi connectivity index (χ3v) is 0.442. The first-order valence-electron chi connectivity index (χ1n) is 2.44. The van der Waals surface area contributed by atoms with Crippen molar-refractivity contribution in [3.8, 4) is 0 Å². The van der Waals surface area contributed by atoms with Gasteiger partial charge in [-0.15, -0.1) is 0 Å². The summed E-state index contributed by atoms with van der Waals surface area (Å²) in [7, 11) is 0. The fourth-order valence-corrected chi connectivity index (χ4v) is 0.183. The lowest BCUT2D eigenvalue weighted by Crippen LogP contribution is -2.38. The first-order chi connectivity index (χ1) is 5.52. The van der Waals surface area contributed by atoms with Crippen LogP contribution in [0.2, 0.25) is 0 Å².